The third-order valence-electron chi connectivity index (χ3n) is 3.46. The maximum Gasteiger partial charge on any atom is 0.119 e. The van der Waals surface area contributed by atoms with E-state index in [0.717, 1.165) is 25.5 Å². The molecule has 0 aliphatic carbocycles. The highest BCUT2D eigenvalue weighted by atomic mass is 16.1. The fourth-order valence-corrected chi connectivity index (χ4v) is 2.11. The molecule has 0 heterocycles. The Hall–Kier alpha value is -1.15. The van der Waals surface area contributed by atoms with Gasteiger partial charge in [0.05, 0.1) is 0 Å². The van der Waals surface area contributed by atoms with Gasteiger partial charge in [-0.05, 0) is 39.3 Å². The van der Waals surface area contributed by atoms with Gasteiger partial charge in [-0.3, -0.25) is 0 Å². The molecule has 0 aliphatic rings. The summed E-state index contributed by atoms with van der Waals surface area (Å²) in [6, 6.07) is 8.62. The van der Waals surface area contributed by atoms with Gasteiger partial charge in [-0.2, -0.15) is 0 Å². The van der Waals surface area contributed by atoms with Crippen molar-refractivity contribution in [3.63, 3.8) is 0 Å². The smallest absolute Gasteiger partial charge is 0.119 e. The van der Waals surface area contributed by atoms with Crippen LogP contribution in [0, 0.1) is 6.92 Å². The van der Waals surface area contributed by atoms with E-state index < -0.39 is 0 Å². The maximum atomic E-state index is 10.3. The Bertz CT molecular complexity index is 362. The normalized spacial score (nSPS) is 14.3. The average Bonchev–Trinajstić information content (AvgIpc) is 2.34. The summed E-state index contributed by atoms with van der Waals surface area (Å²) in [7, 11) is 2.00. The molecule has 0 spiro atoms. The van der Waals surface area contributed by atoms with Crippen LogP contribution >= 0.6 is 0 Å². The van der Waals surface area contributed by atoms with Crippen molar-refractivity contribution < 1.29 is 4.79 Å². The van der Waals surface area contributed by atoms with Crippen molar-refractivity contribution in [2.75, 3.05) is 7.05 Å². The SMILES string of the molecule is CNC(C)(CCCCC=O)c1cccc(C)c1. The quantitative estimate of drug-likeness (QED) is 0.579. The van der Waals surface area contributed by atoms with Gasteiger partial charge in [0.15, 0.2) is 0 Å². The fourth-order valence-electron chi connectivity index (χ4n) is 2.11. The van der Waals surface area contributed by atoms with Gasteiger partial charge in [0, 0.05) is 12.0 Å². The average molecular weight is 233 g/mol. The Balaban J connectivity index is 2.70. The Kier molecular flexibility index (Phi) is 5.36. The summed E-state index contributed by atoms with van der Waals surface area (Å²) in [5.41, 5.74) is 2.62. The number of nitrogens with one attached hydrogen (secondary N) is 1. The number of hydrogen-bond donors (Lipinski definition) is 1. The fraction of sp³-hybridized carbons (Fsp3) is 0.533. The zero-order valence-electron chi connectivity index (χ0n) is 11.1. The molecule has 0 radical (unpaired) electrons. The second-order valence-electron chi connectivity index (χ2n) is 4.86. The molecule has 0 fully saturated rings. The molecule has 1 atom stereocenters. The topological polar surface area (TPSA) is 29.1 Å². The van der Waals surface area contributed by atoms with Crippen LogP contribution in [0.4, 0.5) is 0 Å². The Labute approximate surface area is 104 Å². The summed E-state index contributed by atoms with van der Waals surface area (Å²) in [6.45, 7) is 4.34. The number of benzene rings is 1. The highest BCUT2D eigenvalue weighted by molar-refractivity contribution is 5.48. The zero-order chi connectivity index (χ0) is 12.7. The van der Waals surface area contributed by atoms with Crippen LogP contribution in [0.5, 0.6) is 0 Å². The van der Waals surface area contributed by atoms with E-state index in [-0.39, 0.29) is 5.54 Å². The number of carbonyl (C=O) groups is 1. The largest absolute Gasteiger partial charge is 0.311 e. The van der Waals surface area contributed by atoms with Crippen LogP contribution < -0.4 is 5.32 Å². The summed E-state index contributed by atoms with van der Waals surface area (Å²) >= 11 is 0. The number of unbranched alkanes of at least 4 members (excludes halogenated alkanes) is 2. The van der Waals surface area contributed by atoms with E-state index in [0.29, 0.717) is 6.42 Å². The first-order valence-electron chi connectivity index (χ1n) is 6.32. The Morgan fingerprint density at radius 1 is 1.35 bits per heavy atom. The minimum atomic E-state index is 0.00883. The number of carbonyl (C=O) groups excluding carboxylic acids is 1. The predicted octanol–water partition coefficient (Wildman–Crippen LogP) is 3.19. The Morgan fingerprint density at radius 3 is 2.71 bits per heavy atom. The Morgan fingerprint density at radius 2 is 2.12 bits per heavy atom. The van der Waals surface area contributed by atoms with Crippen molar-refractivity contribution in [3.05, 3.63) is 35.4 Å². The van der Waals surface area contributed by atoms with E-state index in [4.69, 9.17) is 0 Å². The van der Waals surface area contributed by atoms with Crippen LogP contribution in [-0.2, 0) is 10.3 Å². The first-order valence-corrected chi connectivity index (χ1v) is 6.32. The molecule has 94 valence electrons. The van der Waals surface area contributed by atoms with Gasteiger partial charge >= 0.3 is 0 Å². The van der Waals surface area contributed by atoms with E-state index in [1.807, 2.05) is 7.05 Å². The van der Waals surface area contributed by atoms with Gasteiger partial charge in [0.1, 0.15) is 6.29 Å². The predicted molar refractivity (Wildman–Crippen MR) is 72.1 cm³/mol. The van der Waals surface area contributed by atoms with Gasteiger partial charge in [0.25, 0.3) is 0 Å². The molecule has 0 bridgehead atoms. The molecule has 1 aromatic rings. The van der Waals surface area contributed by atoms with Crippen LogP contribution in [0.3, 0.4) is 0 Å². The van der Waals surface area contributed by atoms with Crippen LogP contribution in [-0.4, -0.2) is 13.3 Å². The second-order valence-corrected chi connectivity index (χ2v) is 4.86. The van der Waals surface area contributed by atoms with Crippen molar-refractivity contribution in [1.29, 1.82) is 0 Å². The van der Waals surface area contributed by atoms with E-state index in [1.54, 1.807) is 0 Å². The van der Waals surface area contributed by atoms with E-state index >= 15 is 0 Å². The van der Waals surface area contributed by atoms with Gasteiger partial charge in [-0.1, -0.05) is 36.2 Å². The molecule has 1 rings (SSSR count). The molecule has 1 unspecified atom stereocenters. The van der Waals surface area contributed by atoms with Crippen LogP contribution in [0.25, 0.3) is 0 Å². The first kappa shape index (κ1) is 13.9. The number of aryl methyl sites for hydroxylation is 1. The van der Waals surface area contributed by atoms with Crippen molar-refractivity contribution >= 4 is 6.29 Å². The first-order chi connectivity index (χ1) is 8.12. The minimum Gasteiger partial charge on any atom is -0.311 e. The number of rotatable bonds is 7. The molecule has 0 saturated carbocycles. The van der Waals surface area contributed by atoms with Crippen LogP contribution in [0.1, 0.15) is 43.7 Å². The molecule has 2 heteroatoms. The van der Waals surface area contributed by atoms with Crippen molar-refractivity contribution in [1.82, 2.24) is 5.32 Å². The zero-order valence-corrected chi connectivity index (χ0v) is 11.1. The molecule has 1 N–H and O–H groups in total. The number of aldehydes is 1. The van der Waals surface area contributed by atoms with Crippen molar-refractivity contribution in [2.24, 2.45) is 0 Å². The summed E-state index contributed by atoms with van der Waals surface area (Å²) < 4.78 is 0. The lowest BCUT2D eigenvalue weighted by Gasteiger charge is -2.30. The summed E-state index contributed by atoms with van der Waals surface area (Å²) in [4.78, 5) is 10.3. The lowest BCUT2D eigenvalue weighted by atomic mass is 9.86. The summed E-state index contributed by atoms with van der Waals surface area (Å²) in [5, 5.41) is 3.41. The van der Waals surface area contributed by atoms with E-state index in [2.05, 4.69) is 43.4 Å². The minimum absolute atomic E-state index is 0.00883. The van der Waals surface area contributed by atoms with Gasteiger partial charge in [-0.25, -0.2) is 0 Å². The maximum absolute atomic E-state index is 10.3. The molecule has 0 amide bonds. The molecule has 1 aromatic carbocycles. The molecule has 17 heavy (non-hydrogen) atoms. The van der Waals surface area contributed by atoms with E-state index in [9.17, 15) is 4.79 Å². The lowest BCUT2D eigenvalue weighted by Crippen LogP contribution is -2.36. The highest BCUT2D eigenvalue weighted by Gasteiger charge is 2.23. The van der Waals surface area contributed by atoms with E-state index in [1.165, 1.54) is 11.1 Å². The summed E-state index contributed by atoms with van der Waals surface area (Å²) in [6.07, 6.45) is 4.79. The monoisotopic (exact) mass is 233 g/mol. The van der Waals surface area contributed by atoms with Crippen LogP contribution in [0.15, 0.2) is 24.3 Å². The third-order valence-corrected chi connectivity index (χ3v) is 3.46. The van der Waals surface area contributed by atoms with Crippen molar-refractivity contribution in [3.8, 4) is 0 Å². The van der Waals surface area contributed by atoms with Gasteiger partial charge in [-0.15, -0.1) is 0 Å². The molecule has 2 nitrogen and oxygen atoms in total. The third kappa shape index (κ3) is 3.97. The molecular weight excluding hydrogens is 210 g/mol. The molecule has 0 aliphatic heterocycles. The van der Waals surface area contributed by atoms with Gasteiger partial charge < -0.3 is 10.1 Å². The molecule has 0 saturated heterocycles. The molecular formula is C15H23NO. The standard InChI is InChI=1S/C15H23NO/c1-13-8-7-9-14(12-13)15(2,16-3)10-5-4-6-11-17/h7-9,11-12,16H,4-6,10H2,1-3H3. The van der Waals surface area contributed by atoms with Crippen LogP contribution in [0.2, 0.25) is 0 Å². The lowest BCUT2D eigenvalue weighted by molar-refractivity contribution is -0.107. The summed E-state index contributed by atoms with van der Waals surface area (Å²) in [5.74, 6) is 0. The second kappa shape index (κ2) is 6.55. The number of hydrogen-bond acceptors (Lipinski definition) is 2. The highest BCUT2D eigenvalue weighted by Crippen LogP contribution is 2.27. The van der Waals surface area contributed by atoms with Gasteiger partial charge in [0.2, 0.25) is 0 Å². The molecule has 0 aromatic heterocycles. The van der Waals surface area contributed by atoms with Crippen molar-refractivity contribution in [2.45, 2.75) is 45.1 Å².